The number of rotatable bonds is 10. The Balaban J connectivity index is 0.918. The number of fused-ring (bicyclic) bond motifs is 5. The molecule has 4 aliphatic rings. The van der Waals surface area contributed by atoms with Gasteiger partial charge in [0.2, 0.25) is 11.8 Å². The van der Waals surface area contributed by atoms with Crippen molar-refractivity contribution in [2.75, 3.05) is 34.0 Å². The zero-order valence-corrected chi connectivity index (χ0v) is 35.1. The van der Waals surface area contributed by atoms with Gasteiger partial charge in [-0.25, -0.2) is 19.6 Å². The maximum absolute atomic E-state index is 14.1. The molecule has 4 amide bonds. The van der Waals surface area contributed by atoms with Crippen molar-refractivity contribution in [2.24, 2.45) is 17.8 Å². The molecule has 2 aromatic heterocycles. The molecule has 320 valence electrons. The van der Waals surface area contributed by atoms with Gasteiger partial charge in [-0.15, -0.1) is 0 Å². The number of imidazole rings is 2. The Morgan fingerprint density at radius 1 is 0.820 bits per heavy atom. The number of piperidine rings is 1. The number of nitrogens with zero attached hydrogens (tertiary/aromatic N) is 4. The third kappa shape index (κ3) is 7.68. The molecule has 6 atom stereocenters. The lowest BCUT2D eigenvalue weighted by Gasteiger charge is -2.37. The molecule has 1 saturated carbocycles. The number of nitrogens with one attached hydrogen (secondary N) is 4. The van der Waals surface area contributed by atoms with E-state index in [-0.39, 0.29) is 41.8 Å². The largest absolute Gasteiger partial charge is 0.453 e. The minimum Gasteiger partial charge on any atom is -0.453 e. The van der Waals surface area contributed by atoms with Gasteiger partial charge < -0.3 is 44.6 Å². The number of carbonyl (C=O) groups is 4. The molecular formula is C46H54N8O7. The number of carbonyl (C=O) groups excluding carboxylic acids is 4. The summed E-state index contributed by atoms with van der Waals surface area (Å²) in [6.45, 7) is 5.57. The summed E-state index contributed by atoms with van der Waals surface area (Å²) in [6, 6.07) is 17.3. The Hall–Kier alpha value is -5.96. The summed E-state index contributed by atoms with van der Waals surface area (Å²) >= 11 is 0. The van der Waals surface area contributed by atoms with E-state index in [1.807, 2.05) is 35.9 Å². The van der Waals surface area contributed by atoms with E-state index in [2.05, 4.69) is 69.1 Å². The number of likely N-dealkylation sites (tertiary alicyclic amines) is 2. The van der Waals surface area contributed by atoms with Gasteiger partial charge >= 0.3 is 12.2 Å². The van der Waals surface area contributed by atoms with Gasteiger partial charge in [-0.05, 0) is 96.9 Å². The maximum atomic E-state index is 14.1. The minimum absolute atomic E-state index is 0.0289. The van der Waals surface area contributed by atoms with Gasteiger partial charge in [0, 0.05) is 31.2 Å². The predicted octanol–water partition coefficient (Wildman–Crippen LogP) is 7.02. The van der Waals surface area contributed by atoms with Crippen LogP contribution in [0, 0.1) is 17.8 Å². The number of ether oxygens (including phenoxy) is 3. The molecule has 5 aromatic rings. The van der Waals surface area contributed by atoms with E-state index in [0.717, 1.165) is 87.9 Å². The number of benzene rings is 3. The number of hydrogen-bond donors (Lipinski definition) is 4. The third-order valence-corrected chi connectivity index (χ3v) is 13.4. The molecule has 15 heteroatoms. The highest BCUT2D eigenvalue weighted by Gasteiger charge is 2.51. The van der Waals surface area contributed by atoms with Gasteiger partial charge in [0.25, 0.3) is 0 Å². The van der Waals surface area contributed by atoms with Crippen molar-refractivity contribution in [3.8, 4) is 22.4 Å². The number of aromatic nitrogens is 4. The van der Waals surface area contributed by atoms with Gasteiger partial charge in [0.05, 0.1) is 49.2 Å². The fourth-order valence-corrected chi connectivity index (χ4v) is 10.3. The first-order valence-electron chi connectivity index (χ1n) is 21.6. The number of H-pyrrole nitrogens is 2. The fourth-order valence-electron chi connectivity index (χ4n) is 10.3. The lowest BCUT2D eigenvalue weighted by molar-refractivity contribution is -0.139. The Morgan fingerprint density at radius 3 is 2.31 bits per heavy atom. The molecule has 4 fully saturated rings. The van der Waals surface area contributed by atoms with Crippen LogP contribution in [-0.4, -0.2) is 106 Å². The molecule has 4 N–H and O–H groups in total. The Kier molecular flexibility index (Phi) is 11.2. The molecule has 3 aliphatic heterocycles. The summed E-state index contributed by atoms with van der Waals surface area (Å²) in [7, 11) is 2.62. The number of methoxy groups -OCH3 is 2. The zero-order chi connectivity index (χ0) is 42.4. The van der Waals surface area contributed by atoms with E-state index < -0.39 is 24.3 Å². The van der Waals surface area contributed by atoms with Crippen molar-refractivity contribution < 1.29 is 33.4 Å². The van der Waals surface area contributed by atoms with Crippen molar-refractivity contribution in [3.05, 3.63) is 72.4 Å². The van der Waals surface area contributed by atoms with Crippen LogP contribution in [-0.2, 0) is 23.8 Å². The SMILES string of the molecule is COC(=O)NC(C(=O)N1CCC[C@H]1c1ncc(-c2ccc(-c3ccc4c(ccc5nc([C@@H]6[C@H]7CC[C@H](C7)N6C(=O)[C@@H](NC(=O)OC)C(C)C)[nH]c54)c3)cc2)[nH]1)C1CCOCC1. The van der Waals surface area contributed by atoms with Crippen LogP contribution in [0.4, 0.5) is 9.59 Å². The van der Waals surface area contributed by atoms with Gasteiger partial charge in [-0.3, -0.25) is 9.59 Å². The molecule has 0 radical (unpaired) electrons. The maximum Gasteiger partial charge on any atom is 0.407 e. The molecule has 2 bridgehead atoms. The highest BCUT2D eigenvalue weighted by atomic mass is 16.5. The second kappa shape index (κ2) is 16.8. The average Bonchev–Trinajstić information content (AvgIpc) is 4.15. The van der Waals surface area contributed by atoms with E-state index in [4.69, 9.17) is 24.2 Å². The van der Waals surface area contributed by atoms with Crippen LogP contribution < -0.4 is 10.6 Å². The monoisotopic (exact) mass is 830 g/mol. The summed E-state index contributed by atoms with van der Waals surface area (Å²) in [6.07, 6.45) is 6.51. The summed E-state index contributed by atoms with van der Waals surface area (Å²) < 4.78 is 15.3. The van der Waals surface area contributed by atoms with Gasteiger partial charge in [-0.2, -0.15) is 0 Å². The highest BCUT2D eigenvalue weighted by molar-refractivity contribution is 6.05. The van der Waals surface area contributed by atoms with Gasteiger partial charge in [0.15, 0.2) is 0 Å². The van der Waals surface area contributed by atoms with Gasteiger partial charge in [0.1, 0.15) is 23.7 Å². The lowest BCUT2D eigenvalue weighted by Crippen LogP contribution is -2.54. The Bertz CT molecular complexity index is 2440. The first kappa shape index (κ1) is 40.4. The van der Waals surface area contributed by atoms with E-state index in [9.17, 15) is 19.2 Å². The first-order valence-corrected chi connectivity index (χ1v) is 21.6. The summed E-state index contributed by atoms with van der Waals surface area (Å²) in [5.74, 6) is 1.47. The third-order valence-electron chi connectivity index (χ3n) is 13.4. The summed E-state index contributed by atoms with van der Waals surface area (Å²) in [4.78, 5) is 73.3. The van der Waals surface area contributed by atoms with Crippen LogP contribution in [0.2, 0.25) is 0 Å². The van der Waals surface area contributed by atoms with Crippen molar-refractivity contribution in [3.63, 3.8) is 0 Å². The highest BCUT2D eigenvalue weighted by Crippen LogP contribution is 2.50. The van der Waals surface area contributed by atoms with Crippen LogP contribution in [0.5, 0.6) is 0 Å². The van der Waals surface area contributed by atoms with Crippen LogP contribution in [0.15, 0.2) is 60.8 Å². The summed E-state index contributed by atoms with van der Waals surface area (Å²) in [5.41, 5.74) is 5.77. The van der Waals surface area contributed by atoms with Crippen molar-refractivity contribution >= 4 is 45.8 Å². The van der Waals surface area contributed by atoms with Crippen molar-refractivity contribution in [2.45, 2.75) is 89.0 Å². The van der Waals surface area contributed by atoms with Crippen LogP contribution in [0.3, 0.4) is 0 Å². The smallest absolute Gasteiger partial charge is 0.407 e. The molecule has 3 saturated heterocycles. The normalized spacial score (nSPS) is 22.5. The molecule has 15 nitrogen and oxygen atoms in total. The van der Waals surface area contributed by atoms with E-state index >= 15 is 0 Å². The van der Waals surface area contributed by atoms with Crippen LogP contribution in [0.1, 0.15) is 82.5 Å². The quantitative estimate of drug-likeness (QED) is 0.115. The topological polar surface area (TPSA) is 184 Å². The van der Waals surface area contributed by atoms with E-state index in [0.29, 0.717) is 38.5 Å². The Labute approximate surface area is 354 Å². The number of amides is 4. The fraction of sp³-hybridized carbons (Fsp3) is 0.478. The summed E-state index contributed by atoms with van der Waals surface area (Å²) in [5, 5.41) is 7.71. The average molecular weight is 831 g/mol. The molecule has 1 unspecified atom stereocenters. The van der Waals surface area contributed by atoms with Crippen LogP contribution in [0.25, 0.3) is 44.2 Å². The van der Waals surface area contributed by atoms with Crippen molar-refractivity contribution in [1.82, 2.24) is 40.4 Å². The Morgan fingerprint density at radius 2 is 1.56 bits per heavy atom. The molecule has 9 rings (SSSR count). The second-order valence-electron chi connectivity index (χ2n) is 17.3. The lowest BCUT2D eigenvalue weighted by atomic mass is 9.90. The number of alkyl carbamates (subject to hydrolysis) is 2. The predicted molar refractivity (Wildman–Crippen MR) is 228 cm³/mol. The molecular weight excluding hydrogens is 777 g/mol. The minimum atomic E-state index is -0.691. The molecule has 0 spiro atoms. The van der Waals surface area contributed by atoms with Gasteiger partial charge in [-0.1, -0.05) is 56.3 Å². The first-order chi connectivity index (χ1) is 29.6. The van der Waals surface area contributed by atoms with Crippen LogP contribution >= 0.6 is 0 Å². The van der Waals surface area contributed by atoms with E-state index in [1.54, 1.807) is 0 Å². The number of aromatic amines is 2. The second-order valence-corrected chi connectivity index (χ2v) is 17.3. The van der Waals surface area contributed by atoms with Crippen molar-refractivity contribution in [1.29, 1.82) is 0 Å². The standard InChI is InChI=1S/C46H54N8O7/c1-25(2)37(51-45(57)59-3)44(56)54-32-14-11-31(23-32)40(54)42-48-34-16-13-30-22-29(12-15-33(30)39(34)50-42)26-7-9-27(10-8-26)35-24-47-41(49-35)36-6-5-19-53(36)43(55)38(52-46(58)60-4)28-17-20-61-21-18-28/h7-10,12-13,15-16,22,24-25,28,31-32,36-38,40H,5-6,11,14,17-21,23H2,1-4H3,(H,47,49)(H,48,50)(H,51,57)(H,52,58)/t31-,32+,36-,37-,38?,40-/m0/s1. The zero-order valence-electron chi connectivity index (χ0n) is 35.1. The molecule has 5 heterocycles. The van der Waals surface area contributed by atoms with E-state index in [1.165, 1.54) is 14.2 Å². The molecule has 61 heavy (non-hydrogen) atoms. The molecule has 3 aromatic carbocycles. The molecule has 1 aliphatic carbocycles. The number of hydrogen-bond acceptors (Lipinski definition) is 9.